The van der Waals surface area contributed by atoms with Crippen molar-refractivity contribution >= 4 is 5.97 Å². The first-order valence-corrected chi connectivity index (χ1v) is 7.10. The number of carbonyl (C=O) groups is 1. The summed E-state index contributed by atoms with van der Waals surface area (Å²) in [7, 11) is 0. The van der Waals surface area contributed by atoms with E-state index in [0.717, 1.165) is 32.4 Å². The van der Waals surface area contributed by atoms with E-state index in [2.05, 4.69) is 38.1 Å². The van der Waals surface area contributed by atoms with Crippen LogP contribution in [0.4, 0.5) is 0 Å². The summed E-state index contributed by atoms with van der Waals surface area (Å²) in [6.07, 6.45) is 3.16. The van der Waals surface area contributed by atoms with Crippen LogP contribution in [0.5, 0.6) is 0 Å². The van der Waals surface area contributed by atoms with Crippen LogP contribution in [0.2, 0.25) is 0 Å². The number of carboxylic acids is 1. The topological polar surface area (TPSA) is 40.5 Å². The zero-order chi connectivity index (χ0) is 14.1. The highest BCUT2D eigenvalue weighted by Crippen LogP contribution is 2.11. The van der Waals surface area contributed by atoms with Crippen molar-refractivity contribution in [2.45, 2.75) is 33.1 Å². The lowest BCUT2D eigenvalue weighted by atomic mass is 10.0. The fraction of sp³-hybridized carbons (Fsp3) is 0.562. The van der Waals surface area contributed by atoms with Gasteiger partial charge in [-0.2, -0.15) is 0 Å². The Labute approximate surface area is 116 Å². The molecule has 0 heterocycles. The molecule has 1 aromatic carbocycles. The Kier molecular flexibility index (Phi) is 7.19. The van der Waals surface area contributed by atoms with Crippen LogP contribution in [-0.2, 0) is 11.2 Å². The third kappa shape index (κ3) is 6.97. The van der Waals surface area contributed by atoms with Gasteiger partial charge in [-0.3, -0.25) is 9.69 Å². The molecule has 1 rings (SSSR count). The monoisotopic (exact) mass is 263 g/mol. The molecule has 0 aliphatic heterocycles. The van der Waals surface area contributed by atoms with Crippen LogP contribution >= 0.6 is 0 Å². The quantitative estimate of drug-likeness (QED) is 0.744. The standard InChI is InChI=1S/C16H25NO2/c1-3-11-17(13-16(18)19)12-14(2)9-10-15-7-5-4-6-8-15/h4-8,14H,3,9-13H2,1-2H3,(H,18,19). The van der Waals surface area contributed by atoms with Gasteiger partial charge < -0.3 is 5.11 Å². The van der Waals surface area contributed by atoms with E-state index in [4.69, 9.17) is 5.11 Å². The van der Waals surface area contributed by atoms with Gasteiger partial charge in [0.05, 0.1) is 6.54 Å². The molecular weight excluding hydrogens is 238 g/mol. The van der Waals surface area contributed by atoms with Crippen LogP contribution in [0.1, 0.15) is 32.3 Å². The highest BCUT2D eigenvalue weighted by molar-refractivity contribution is 5.69. The molecule has 0 saturated carbocycles. The minimum Gasteiger partial charge on any atom is -0.480 e. The number of aliphatic carboxylic acids is 1. The maximum absolute atomic E-state index is 10.8. The van der Waals surface area contributed by atoms with Crippen molar-refractivity contribution in [3.63, 3.8) is 0 Å². The lowest BCUT2D eigenvalue weighted by molar-refractivity contribution is -0.138. The molecule has 0 aliphatic carbocycles. The summed E-state index contributed by atoms with van der Waals surface area (Å²) in [6.45, 7) is 6.18. The Morgan fingerprint density at radius 1 is 1.32 bits per heavy atom. The molecule has 1 unspecified atom stereocenters. The molecule has 3 heteroatoms. The Morgan fingerprint density at radius 2 is 2.00 bits per heavy atom. The second-order valence-electron chi connectivity index (χ2n) is 5.26. The van der Waals surface area contributed by atoms with Crippen molar-refractivity contribution in [3.05, 3.63) is 35.9 Å². The third-order valence-electron chi connectivity index (χ3n) is 3.24. The van der Waals surface area contributed by atoms with E-state index in [1.165, 1.54) is 5.56 Å². The van der Waals surface area contributed by atoms with Gasteiger partial charge >= 0.3 is 5.97 Å². The first-order valence-electron chi connectivity index (χ1n) is 7.10. The van der Waals surface area contributed by atoms with Crippen LogP contribution in [0, 0.1) is 5.92 Å². The average molecular weight is 263 g/mol. The average Bonchev–Trinajstić information content (AvgIpc) is 2.37. The van der Waals surface area contributed by atoms with Gasteiger partial charge in [0.25, 0.3) is 0 Å². The summed E-state index contributed by atoms with van der Waals surface area (Å²) < 4.78 is 0. The van der Waals surface area contributed by atoms with Gasteiger partial charge in [-0.15, -0.1) is 0 Å². The van der Waals surface area contributed by atoms with Crippen LogP contribution in [0.15, 0.2) is 30.3 Å². The predicted octanol–water partition coefficient (Wildman–Crippen LogP) is 3.05. The summed E-state index contributed by atoms with van der Waals surface area (Å²) in [4.78, 5) is 12.8. The minimum absolute atomic E-state index is 0.156. The van der Waals surface area contributed by atoms with Crippen LogP contribution < -0.4 is 0 Å². The molecule has 0 aromatic heterocycles. The maximum Gasteiger partial charge on any atom is 0.317 e. The molecule has 3 nitrogen and oxygen atoms in total. The second kappa shape index (κ2) is 8.70. The number of carboxylic acid groups (broad SMARTS) is 1. The van der Waals surface area contributed by atoms with Crippen molar-refractivity contribution in [2.75, 3.05) is 19.6 Å². The van der Waals surface area contributed by atoms with Gasteiger partial charge in [-0.1, -0.05) is 44.2 Å². The van der Waals surface area contributed by atoms with Crippen molar-refractivity contribution in [1.82, 2.24) is 4.90 Å². The number of hydrogen-bond acceptors (Lipinski definition) is 2. The van der Waals surface area contributed by atoms with E-state index in [-0.39, 0.29) is 6.54 Å². The minimum atomic E-state index is -0.733. The van der Waals surface area contributed by atoms with Crippen LogP contribution in [0.3, 0.4) is 0 Å². The SMILES string of the molecule is CCCN(CC(=O)O)CC(C)CCc1ccccc1. The molecule has 1 N–H and O–H groups in total. The number of benzene rings is 1. The molecule has 0 spiro atoms. The number of nitrogens with zero attached hydrogens (tertiary/aromatic N) is 1. The van der Waals surface area contributed by atoms with Crippen LogP contribution in [0.25, 0.3) is 0 Å². The summed E-state index contributed by atoms with van der Waals surface area (Å²) in [5.74, 6) is -0.213. The van der Waals surface area contributed by atoms with Gasteiger partial charge in [-0.05, 0) is 37.3 Å². The Bertz CT molecular complexity index is 364. The normalized spacial score (nSPS) is 12.6. The Morgan fingerprint density at radius 3 is 2.58 bits per heavy atom. The number of hydrogen-bond donors (Lipinski definition) is 1. The van der Waals surface area contributed by atoms with Gasteiger partial charge in [-0.25, -0.2) is 0 Å². The molecule has 1 aromatic rings. The molecule has 0 radical (unpaired) electrons. The van der Waals surface area contributed by atoms with Gasteiger partial charge in [0.15, 0.2) is 0 Å². The molecule has 0 aliphatic rings. The van der Waals surface area contributed by atoms with Gasteiger partial charge in [0, 0.05) is 6.54 Å². The van der Waals surface area contributed by atoms with E-state index >= 15 is 0 Å². The van der Waals surface area contributed by atoms with E-state index in [0.29, 0.717) is 5.92 Å². The molecular formula is C16H25NO2. The van der Waals surface area contributed by atoms with Gasteiger partial charge in [0.2, 0.25) is 0 Å². The lowest BCUT2D eigenvalue weighted by Crippen LogP contribution is -2.34. The second-order valence-corrected chi connectivity index (χ2v) is 5.26. The van der Waals surface area contributed by atoms with Gasteiger partial charge in [0.1, 0.15) is 0 Å². The molecule has 0 amide bonds. The largest absolute Gasteiger partial charge is 0.480 e. The maximum atomic E-state index is 10.8. The van der Waals surface area contributed by atoms with Crippen LogP contribution in [-0.4, -0.2) is 35.6 Å². The predicted molar refractivity (Wildman–Crippen MR) is 78.3 cm³/mol. The molecule has 0 fully saturated rings. The highest BCUT2D eigenvalue weighted by Gasteiger charge is 2.12. The summed E-state index contributed by atoms with van der Waals surface area (Å²) >= 11 is 0. The fourth-order valence-corrected chi connectivity index (χ4v) is 2.33. The first kappa shape index (κ1) is 15.7. The van der Waals surface area contributed by atoms with Crippen molar-refractivity contribution in [2.24, 2.45) is 5.92 Å². The molecule has 106 valence electrons. The van der Waals surface area contributed by atoms with E-state index in [9.17, 15) is 4.79 Å². The lowest BCUT2D eigenvalue weighted by Gasteiger charge is -2.23. The molecule has 19 heavy (non-hydrogen) atoms. The van der Waals surface area contributed by atoms with E-state index < -0.39 is 5.97 Å². The highest BCUT2D eigenvalue weighted by atomic mass is 16.4. The zero-order valence-corrected chi connectivity index (χ0v) is 12.0. The summed E-state index contributed by atoms with van der Waals surface area (Å²) in [5.41, 5.74) is 1.36. The molecule has 1 atom stereocenters. The smallest absolute Gasteiger partial charge is 0.317 e. The van der Waals surface area contributed by atoms with E-state index in [1.54, 1.807) is 0 Å². The first-order chi connectivity index (χ1) is 9.11. The molecule has 0 saturated heterocycles. The summed E-state index contributed by atoms with van der Waals surface area (Å²) in [5, 5.41) is 8.89. The van der Waals surface area contributed by atoms with Crippen molar-refractivity contribution in [1.29, 1.82) is 0 Å². The van der Waals surface area contributed by atoms with Crippen molar-refractivity contribution in [3.8, 4) is 0 Å². The summed E-state index contributed by atoms with van der Waals surface area (Å²) in [6, 6.07) is 10.5. The third-order valence-corrected chi connectivity index (χ3v) is 3.24. The molecule has 0 bridgehead atoms. The number of rotatable bonds is 9. The van der Waals surface area contributed by atoms with E-state index in [1.807, 2.05) is 11.0 Å². The van der Waals surface area contributed by atoms with Crippen molar-refractivity contribution < 1.29 is 9.90 Å². The zero-order valence-electron chi connectivity index (χ0n) is 12.0. The fourth-order valence-electron chi connectivity index (χ4n) is 2.33. The Hall–Kier alpha value is -1.35. The number of aryl methyl sites for hydroxylation is 1. The Balaban J connectivity index is 2.35.